The summed E-state index contributed by atoms with van der Waals surface area (Å²) < 4.78 is 43.1. The van der Waals surface area contributed by atoms with Crippen LogP contribution in [0.15, 0.2) is 53.6 Å². The maximum Gasteiger partial charge on any atom is 0.329 e. The summed E-state index contributed by atoms with van der Waals surface area (Å²) in [6, 6.07) is 13.0. The van der Waals surface area contributed by atoms with E-state index >= 15 is 8.78 Å². The van der Waals surface area contributed by atoms with Gasteiger partial charge in [-0.3, -0.25) is 29.1 Å². The molecule has 316 valence electrons. The summed E-state index contributed by atoms with van der Waals surface area (Å²) in [6.45, 7) is 7.85. The Hall–Kier alpha value is -5.73. The number of urea groups is 1. The van der Waals surface area contributed by atoms with Gasteiger partial charge in [0.2, 0.25) is 5.91 Å². The first-order chi connectivity index (χ1) is 29.3. The van der Waals surface area contributed by atoms with Gasteiger partial charge in [0.25, 0.3) is 5.56 Å². The molecule has 5 aromatic rings. The van der Waals surface area contributed by atoms with Crippen molar-refractivity contribution in [3.8, 4) is 17.6 Å². The van der Waals surface area contributed by atoms with E-state index in [0.29, 0.717) is 39.5 Å². The van der Waals surface area contributed by atoms with Crippen LogP contribution in [-0.4, -0.2) is 80.2 Å². The van der Waals surface area contributed by atoms with Gasteiger partial charge in [0.05, 0.1) is 34.1 Å². The van der Waals surface area contributed by atoms with Gasteiger partial charge >= 0.3 is 6.03 Å². The van der Waals surface area contributed by atoms with Crippen LogP contribution in [0.5, 0.6) is 11.5 Å². The minimum atomic E-state index is -0.672. The number of hydrogen-bond donors (Lipinski definition) is 2. The second-order valence-electron chi connectivity index (χ2n) is 18.0. The number of aryl methyl sites for hydroxylation is 1. The molecule has 2 saturated carbocycles. The predicted molar refractivity (Wildman–Crippen MR) is 229 cm³/mol. The van der Waals surface area contributed by atoms with Gasteiger partial charge in [0.15, 0.2) is 17.4 Å². The van der Waals surface area contributed by atoms with Gasteiger partial charge in [-0.2, -0.15) is 10.4 Å². The summed E-state index contributed by atoms with van der Waals surface area (Å²) in [4.78, 5) is 48.7. The number of benzene rings is 3. The Bertz CT molecular complexity index is 2720. The van der Waals surface area contributed by atoms with E-state index in [1.54, 1.807) is 40.8 Å². The molecule has 61 heavy (non-hydrogen) atoms. The Morgan fingerprint density at radius 3 is 2.43 bits per heavy atom. The average molecular weight is 849 g/mol. The summed E-state index contributed by atoms with van der Waals surface area (Å²) in [6.07, 6.45) is 7.98. The van der Waals surface area contributed by atoms with E-state index in [1.165, 1.54) is 35.0 Å². The number of piperidine rings is 1. The fraction of sp³-hybridized carbons (Fsp3) is 0.455. The highest BCUT2D eigenvalue weighted by atomic mass is 32.2. The average Bonchev–Trinajstić information content (AvgIpc) is 3.50. The molecule has 5 heterocycles. The Morgan fingerprint density at radius 2 is 1.70 bits per heavy atom. The van der Waals surface area contributed by atoms with Crippen molar-refractivity contribution >= 4 is 62.9 Å². The number of halogens is 2. The molecule has 2 N–H and O–H groups in total. The number of hydrogen-bond acceptors (Lipinski definition) is 11. The molecular weight excluding hydrogens is 803 g/mol. The zero-order chi connectivity index (χ0) is 42.4. The van der Waals surface area contributed by atoms with Crippen LogP contribution < -0.4 is 30.1 Å². The molecule has 2 aliphatic carbocycles. The summed E-state index contributed by atoms with van der Waals surface area (Å²) in [5, 5.41) is 17.9. The SMILES string of the molecule is CC(C)SNc1ccc(F)c(Oc2ccc3ncn(C4CC5(CCN(C6CC7(C6)CN(c6cc8c(cc6F)c(N6CCC(=O)NC6=O)nn8C)C7)CC5)C4)c(=O)c3c2)c1C#N. The highest BCUT2D eigenvalue weighted by Crippen LogP contribution is 2.57. The standard InChI is InChI=1S/C44H46F2N10O4S/c1-25(2)61-51-35-7-5-32(45)39(31(35)21-47)60-28-4-6-34-29(14-28)41(58)56(24-48-34)27-19-43(20-27)9-12-53(13-10-43)26-17-44(18-26)22-54(23-44)37-16-36-30(15-33(37)46)40(50-52(36)3)55-11-8-38(57)49-42(55)59/h4-7,14-16,24-27,51H,8-13,17-20,22-23H2,1-3H3,(H,49,57,59). The zero-order valence-electron chi connectivity index (χ0n) is 34.2. The first-order valence-electron chi connectivity index (χ1n) is 20.9. The highest BCUT2D eigenvalue weighted by molar-refractivity contribution is 8.01. The van der Waals surface area contributed by atoms with Crippen LogP contribution in [0.3, 0.4) is 0 Å². The third kappa shape index (κ3) is 6.84. The Labute approximate surface area is 354 Å². The number of fused-ring (bicyclic) bond motifs is 2. The van der Waals surface area contributed by atoms with Gasteiger partial charge in [-0.15, -0.1) is 0 Å². The van der Waals surface area contributed by atoms with Crippen molar-refractivity contribution in [2.24, 2.45) is 17.9 Å². The van der Waals surface area contributed by atoms with Crippen molar-refractivity contribution in [1.82, 2.24) is 29.5 Å². The van der Waals surface area contributed by atoms with E-state index in [9.17, 15) is 19.6 Å². The monoisotopic (exact) mass is 848 g/mol. The van der Waals surface area contributed by atoms with Crippen molar-refractivity contribution < 1.29 is 23.1 Å². The van der Waals surface area contributed by atoms with Gasteiger partial charge in [0, 0.05) is 61.2 Å². The summed E-state index contributed by atoms with van der Waals surface area (Å²) in [5.41, 5.74) is 2.51. The minimum Gasteiger partial charge on any atom is -0.453 e. The lowest BCUT2D eigenvalue weighted by molar-refractivity contribution is -0.120. The molecule has 0 bridgehead atoms. The van der Waals surface area contributed by atoms with Crippen molar-refractivity contribution in [2.45, 2.75) is 76.1 Å². The topological polar surface area (TPSA) is 154 Å². The molecule has 3 aliphatic heterocycles. The van der Waals surface area contributed by atoms with Crippen molar-refractivity contribution in [1.29, 1.82) is 5.26 Å². The minimum absolute atomic E-state index is 0.0461. The van der Waals surface area contributed by atoms with Gasteiger partial charge in [-0.05, 0) is 111 Å². The van der Waals surface area contributed by atoms with Gasteiger partial charge in [-0.1, -0.05) is 13.8 Å². The first-order valence-corrected chi connectivity index (χ1v) is 21.8. The molecule has 2 spiro atoms. The van der Waals surface area contributed by atoms with E-state index in [-0.39, 0.29) is 69.4 Å². The molecule has 3 aromatic carbocycles. The third-order valence-corrected chi connectivity index (χ3v) is 14.5. The number of aromatic nitrogens is 4. The molecule has 3 saturated heterocycles. The lowest BCUT2D eigenvalue weighted by Crippen LogP contribution is -2.67. The molecule has 3 amide bonds. The number of nitriles is 1. The highest BCUT2D eigenvalue weighted by Gasteiger charge is 2.56. The number of carbonyl (C=O) groups excluding carboxylic acids is 2. The van der Waals surface area contributed by atoms with Crippen LogP contribution in [0.1, 0.15) is 70.4 Å². The van der Waals surface area contributed by atoms with Crippen molar-refractivity contribution in [2.75, 3.05) is 47.2 Å². The largest absolute Gasteiger partial charge is 0.453 e. The third-order valence-electron chi connectivity index (χ3n) is 13.6. The Balaban J connectivity index is 0.741. The number of nitrogens with zero attached hydrogens (tertiary/aromatic N) is 8. The fourth-order valence-corrected chi connectivity index (χ4v) is 10.9. The number of carbonyl (C=O) groups is 2. The van der Waals surface area contributed by atoms with Crippen LogP contribution >= 0.6 is 11.9 Å². The molecule has 5 fully saturated rings. The maximum atomic E-state index is 15.7. The smallest absolute Gasteiger partial charge is 0.329 e. The summed E-state index contributed by atoms with van der Waals surface area (Å²) in [5.74, 6) is -0.955. The quantitative estimate of drug-likeness (QED) is 0.145. The number of likely N-dealkylation sites (tertiary alicyclic amines) is 1. The van der Waals surface area contributed by atoms with Crippen LogP contribution in [0, 0.1) is 33.8 Å². The number of imide groups is 1. The van der Waals surface area contributed by atoms with E-state index in [0.717, 1.165) is 70.2 Å². The molecular formula is C44H46F2N10O4S. The Kier molecular flexibility index (Phi) is 9.51. The van der Waals surface area contributed by atoms with Crippen molar-refractivity contribution in [3.63, 3.8) is 0 Å². The second-order valence-corrected chi connectivity index (χ2v) is 19.3. The first kappa shape index (κ1) is 39.4. The van der Waals surface area contributed by atoms with E-state index in [4.69, 9.17) is 4.74 Å². The molecule has 10 rings (SSSR count). The number of amides is 3. The molecule has 2 aromatic heterocycles. The van der Waals surface area contributed by atoms with Crippen molar-refractivity contribution in [3.05, 3.63) is 76.3 Å². The molecule has 0 unspecified atom stereocenters. The maximum absolute atomic E-state index is 15.7. The number of ether oxygens (including phenoxy) is 1. The van der Waals surface area contributed by atoms with Crippen LogP contribution in [0.4, 0.5) is 30.8 Å². The predicted octanol–water partition coefficient (Wildman–Crippen LogP) is 7.23. The van der Waals surface area contributed by atoms with E-state index in [1.807, 2.05) is 19.9 Å². The molecule has 14 nitrogen and oxygen atoms in total. The lowest BCUT2D eigenvalue weighted by Gasteiger charge is -2.63. The number of nitrogens with one attached hydrogen (secondary N) is 2. The van der Waals surface area contributed by atoms with Gasteiger partial charge in [0.1, 0.15) is 23.2 Å². The zero-order valence-corrected chi connectivity index (χ0v) is 35.0. The fourth-order valence-electron chi connectivity index (χ4n) is 10.3. The second kappa shape index (κ2) is 14.7. The van der Waals surface area contributed by atoms with Gasteiger partial charge < -0.3 is 19.3 Å². The number of anilines is 3. The summed E-state index contributed by atoms with van der Waals surface area (Å²) in [7, 11) is 1.78. The molecule has 17 heteroatoms. The van der Waals surface area contributed by atoms with E-state index < -0.39 is 11.8 Å². The lowest BCUT2D eigenvalue weighted by atomic mass is 9.57. The van der Waals surface area contributed by atoms with Crippen LogP contribution in [0.25, 0.3) is 21.8 Å². The summed E-state index contributed by atoms with van der Waals surface area (Å²) >= 11 is 1.41. The molecule has 5 aliphatic rings. The van der Waals surface area contributed by atoms with Crippen LogP contribution in [-0.2, 0) is 11.8 Å². The van der Waals surface area contributed by atoms with Gasteiger partial charge in [-0.25, -0.2) is 18.6 Å². The Morgan fingerprint density at radius 1 is 0.951 bits per heavy atom. The number of rotatable bonds is 9. The van der Waals surface area contributed by atoms with Crippen LogP contribution in [0.2, 0.25) is 0 Å². The molecule has 0 atom stereocenters. The van der Waals surface area contributed by atoms with E-state index in [2.05, 4.69) is 36.0 Å². The molecule has 0 radical (unpaired) electrons. The normalized spacial score (nSPS) is 21.1.